The number of amides is 4. The Bertz CT molecular complexity index is 1310. The number of hydrogen-bond acceptors (Lipinski definition) is 5. The standard InChI is InChI=1S/C25H18BrClN2O5/c1-33-18-9-7-17(8-10-18)29-24(31)19(23(30)28-25(29)32)12-15-6-11-22(21(27)13-15)34-14-16-4-2-3-5-20(16)26/h2-13H,14H2,1H3,(H,28,30,32)/b19-12+. The van der Waals surface area contributed by atoms with Crippen LogP contribution in [0.15, 0.2) is 76.8 Å². The zero-order valence-electron chi connectivity index (χ0n) is 17.9. The largest absolute Gasteiger partial charge is 0.497 e. The Labute approximate surface area is 209 Å². The first-order valence-electron chi connectivity index (χ1n) is 10.1. The molecular weight excluding hydrogens is 524 g/mol. The molecule has 0 radical (unpaired) electrons. The van der Waals surface area contributed by atoms with Gasteiger partial charge in [-0.2, -0.15) is 0 Å². The topological polar surface area (TPSA) is 84.9 Å². The van der Waals surface area contributed by atoms with Gasteiger partial charge in [0.25, 0.3) is 11.8 Å². The monoisotopic (exact) mass is 540 g/mol. The number of rotatable bonds is 6. The Kier molecular flexibility index (Phi) is 7.00. The number of methoxy groups -OCH3 is 1. The van der Waals surface area contributed by atoms with Crippen molar-refractivity contribution in [3.8, 4) is 11.5 Å². The van der Waals surface area contributed by atoms with E-state index in [4.69, 9.17) is 21.1 Å². The van der Waals surface area contributed by atoms with Gasteiger partial charge < -0.3 is 9.47 Å². The van der Waals surface area contributed by atoms with Gasteiger partial charge in [-0.3, -0.25) is 14.9 Å². The predicted octanol–water partition coefficient (Wildman–Crippen LogP) is 5.36. The van der Waals surface area contributed by atoms with Crippen molar-refractivity contribution in [3.63, 3.8) is 0 Å². The van der Waals surface area contributed by atoms with Crippen LogP contribution in [-0.4, -0.2) is 25.0 Å². The normalized spacial score (nSPS) is 14.9. The van der Waals surface area contributed by atoms with E-state index in [0.717, 1.165) is 14.9 Å². The summed E-state index contributed by atoms with van der Waals surface area (Å²) in [6.07, 6.45) is 1.38. The molecule has 1 heterocycles. The number of imide groups is 2. The van der Waals surface area contributed by atoms with Crippen molar-refractivity contribution in [2.45, 2.75) is 6.61 Å². The van der Waals surface area contributed by atoms with Crippen LogP contribution in [0, 0.1) is 0 Å². The Morgan fingerprint density at radius 2 is 1.76 bits per heavy atom. The maximum absolute atomic E-state index is 13.0. The first-order chi connectivity index (χ1) is 16.4. The number of benzene rings is 3. The van der Waals surface area contributed by atoms with Crippen LogP contribution in [-0.2, 0) is 16.2 Å². The van der Waals surface area contributed by atoms with Gasteiger partial charge in [-0.15, -0.1) is 0 Å². The highest BCUT2D eigenvalue weighted by Gasteiger charge is 2.36. The molecule has 0 unspecified atom stereocenters. The van der Waals surface area contributed by atoms with E-state index in [1.165, 1.54) is 13.2 Å². The lowest BCUT2D eigenvalue weighted by atomic mass is 10.1. The number of urea groups is 1. The van der Waals surface area contributed by atoms with Gasteiger partial charge in [0.1, 0.15) is 23.7 Å². The van der Waals surface area contributed by atoms with Crippen molar-refractivity contribution < 1.29 is 23.9 Å². The van der Waals surface area contributed by atoms with Gasteiger partial charge in [-0.1, -0.05) is 51.8 Å². The van der Waals surface area contributed by atoms with Crippen LogP contribution in [0.5, 0.6) is 11.5 Å². The molecule has 1 fully saturated rings. The second kappa shape index (κ2) is 10.1. The van der Waals surface area contributed by atoms with Gasteiger partial charge >= 0.3 is 6.03 Å². The van der Waals surface area contributed by atoms with E-state index < -0.39 is 17.8 Å². The molecule has 1 aliphatic heterocycles. The van der Waals surface area contributed by atoms with Crippen LogP contribution in [0.2, 0.25) is 5.02 Å². The fourth-order valence-corrected chi connectivity index (χ4v) is 3.93. The summed E-state index contributed by atoms with van der Waals surface area (Å²) in [7, 11) is 1.51. The molecule has 1 N–H and O–H groups in total. The summed E-state index contributed by atoms with van der Waals surface area (Å²) in [6.45, 7) is 0.307. The number of hydrogen-bond donors (Lipinski definition) is 1. The fraction of sp³-hybridized carbons (Fsp3) is 0.0800. The van der Waals surface area contributed by atoms with Crippen LogP contribution in [0.4, 0.5) is 10.5 Å². The maximum Gasteiger partial charge on any atom is 0.335 e. The number of nitrogens with one attached hydrogen (secondary N) is 1. The molecule has 7 nitrogen and oxygen atoms in total. The number of anilines is 1. The van der Waals surface area contributed by atoms with Crippen LogP contribution in [0.1, 0.15) is 11.1 Å². The summed E-state index contributed by atoms with van der Waals surface area (Å²) < 4.78 is 11.8. The summed E-state index contributed by atoms with van der Waals surface area (Å²) in [5, 5.41) is 2.51. The molecule has 34 heavy (non-hydrogen) atoms. The molecule has 4 amide bonds. The first-order valence-corrected chi connectivity index (χ1v) is 11.3. The average molecular weight is 542 g/mol. The molecule has 0 aliphatic carbocycles. The Hall–Kier alpha value is -3.62. The SMILES string of the molecule is COc1ccc(N2C(=O)NC(=O)/C(=C\c3ccc(OCc4ccccc4Br)c(Cl)c3)C2=O)cc1. The van der Waals surface area contributed by atoms with E-state index in [1.807, 2.05) is 24.3 Å². The van der Waals surface area contributed by atoms with Crippen molar-refractivity contribution >= 4 is 57.1 Å². The van der Waals surface area contributed by atoms with Gasteiger partial charge in [-0.05, 0) is 54.1 Å². The number of carbonyl (C=O) groups is 3. The lowest BCUT2D eigenvalue weighted by molar-refractivity contribution is -0.122. The van der Waals surface area contributed by atoms with Crippen molar-refractivity contribution in [2.75, 3.05) is 12.0 Å². The van der Waals surface area contributed by atoms with Gasteiger partial charge in [0.05, 0.1) is 17.8 Å². The van der Waals surface area contributed by atoms with Crippen LogP contribution >= 0.6 is 27.5 Å². The van der Waals surface area contributed by atoms with E-state index in [2.05, 4.69) is 21.2 Å². The van der Waals surface area contributed by atoms with E-state index in [9.17, 15) is 14.4 Å². The minimum absolute atomic E-state index is 0.201. The number of barbiturate groups is 1. The van der Waals surface area contributed by atoms with Crippen molar-refractivity contribution in [1.82, 2.24) is 5.32 Å². The van der Waals surface area contributed by atoms with E-state index in [0.29, 0.717) is 34.4 Å². The molecule has 9 heteroatoms. The van der Waals surface area contributed by atoms with Crippen molar-refractivity contribution in [3.05, 3.63) is 92.9 Å². The van der Waals surface area contributed by atoms with E-state index in [-0.39, 0.29) is 5.57 Å². The summed E-state index contributed by atoms with van der Waals surface area (Å²) >= 11 is 9.85. The molecule has 3 aromatic carbocycles. The average Bonchev–Trinajstić information content (AvgIpc) is 2.82. The third kappa shape index (κ3) is 4.98. The Morgan fingerprint density at radius 1 is 1.03 bits per heavy atom. The van der Waals surface area contributed by atoms with E-state index >= 15 is 0 Å². The lowest BCUT2D eigenvalue weighted by Gasteiger charge is -2.26. The van der Waals surface area contributed by atoms with Gasteiger partial charge in [0, 0.05) is 10.0 Å². The predicted molar refractivity (Wildman–Crippen MR) is 132 cm³/mol. The summed E-state index contributed by atoms with van der Waals surface area (Å²) in [5.41, 5.74) is 1.56. The molecule has 0 spiro atoms. The second-order valence-electron chi connectivity index (χ2n) is 7.23. The molecule has 1 aliphatic rings. The molecule has 3 aromatic rings. The third-order valence-electron chi connectivity index (χ3n) is 5.04. The minimum atomic E-state index is -0.828. The number of nitrogens with zero attached hydrogens (tertiary/aromatic N) is 1. The molecule has 172 valence electrons. The fourth-order valence-electron chi connectivity index (χ4n) is 3.28. The smallest absolute Gasteiger partial charge is 0.335 e. The Morgan fingerprint density at radius 3 is 2.44 bits per heavy atom. The molecule has 1 saturated heterocycles. The number of halogens is 2. The Balaban J connectivity index is 1.56. The minimum Gasteiger partial charge on any atom is -0.497 e. The van der Waals surface area contributed by atoms with E-state index in [1.54, 1.807) is 42.5 Å². The summed E-state index contributed by atoms with van der Waals surface area (Å²) in [4.78, 5) is 38.7. The van der Waals surface area contributed by atoms with Gasteiger partial charge in [-0.25, -0.2) is 9.69 Å². The quantitative estimate of drug-likeness (QED) is 0.336. The van der Waals surface area contributed by atoms with Crippen LogP contribution in [0.3, 0.4) is 0 Å². The first kappa shape index (κ1) is 23.5. The maximum atomic E-state index is 13.0. The van der Waals surface area contributed by atoms with Crippen molar-refractivity contribution in [2.24, 2.45) is 0 Å². The second-order valence-corrected chi connectivity index (χ2v) is 8.49. The zero-order chi connectivity index (χ0) is 24.2. The zero-order valence-corrected chi connectivity index (χ0v) is 20.2. The third-order valence-corrected chi connectivity index (χ3v) is 6.11. The van der Waals surface area contributed by atoms with Crippen LogP contribution < -0.4 is 19.7 Å². The molecule has 0 aromatic heterocycles. The van der Waals surface area contributed by atoms with Crippen LogP contribution in [0.25, 0.3) is 6.08 Å². The summed E-state index contributed by atoms with van der Waals surface area (Å²) in [5.74, 6) is -0.513. The highest BCUT2D eigenvalue weighted by molar-refractivity contribution is 9.10. The molecule has 0 bridgehead atoms. The molecule has 4 rings (SSSR count). The molecule has 0 saturated carbocycles. The number of ether oxygens (including phenoxy) is 2. The molecular formula is C25H18BrClN2O5. The van der Waals surface area contributed by atoms with Gasteiger partial charge in [0.15, 0.2) is 0 Å². The lowest BCUT2D eigenvalue weighted by Crippen LogP contribution is -2.54. The molecule has 0 atom stereocenters. The number of carbonyl (C=O) groups excluding carboxylic acids is 3. The highest BCUT2D eigenvalue weighted by Crippen LogP contribution is 2.29. The summed E-state index contributed by atoms with van der Waals surface area (Å²) in [6, 6.07) is 18.1. The van der Waals surface area contributed by atoms with Crippen molar-refractivity contribution in [1.29, 1.82) is 0 Å². The highest BCUT2D eigenvalue weighted by atomic mass is 79.9. The van der Waals surface area contributed by atoms with Gasteiger partial charge in [0.2, 0.25) is 0 Å².